The van der Waals surface area contributed by atoms with Crippen molar-refractivity contribution in [3.8, 4) is 11.5 Å². The van der Waals surface area contributed by atoms with Gasteiger partial charge in [-0.25, -0.2) is 8.42 Å². The van der Waals surface area contributed by atoms with Gasteiger partial charge in [0.25, 0.3) is 0 Å². The van der Waals surface area contributed by atoms with E-state index >= 15 is 0 Å². The Morgan fingerprint density at radius 2 is 1.59 bits per heavy atom. The number of benzene rings is 3. The van der Waals surface area contributed by atoms with Crippen LogP contribution in [0.2, 0.25) is 0 Å². The molecule has 0 bridgehead atoms. The second-order valence-electron chi connectivity index (χ2n) is 9.13. The Labute approximate surface area is 230 Å². The molecule has 10 heteroatoms. The molecule has 3 aromatic rings. The number of rotatable bonds is 12. The van der Waals surface area contributed by atoms with Crippen molar-refractivity contribution in [3.63, 3.8) is 0 Å². The molecule has 0 saturated carbocycles. The van der Waals surface area contributed by atoms with Gasteiger partial charge in [-0.2, -0.15) is 0 Å². The highest BCUT2D eigenvalue weighted by atomic mass is 32.2. The number of carbonyl (C=O) groups is 2. The van der Waals surface area contributed by atoms with Crippen LogP contribution in [0.15, 0.2) is 72.8 Å². The zero-order valence-corrected chi connectivity index (χ0v) is 23.7. The Kier molecular flexibility index (Phi) is 9.95. The lowest BCUT2D eigenvalue weighted by atomic mass is 10.0. The summed E-state index contributed by atoms with van der Waals surface area (Å²) in [7, 11) is 0.446. The minimum atomic E-state index is -3.94. The predicted molar refractivity (Wildman–Crippen MR) is 151 cm³/mol. The van der Waals surface area contributed by atoms with Gasteiger partial charge in [0, 0.05) is 26.1 Å². The van der Waals surface area contributed by atoms with Crippen molar-refractivity contribution in [2.45, 2.75) is 25.9 Å². The van der Waals surface area contributed by atoms with Crippen LogP contribution in [0.5, 0.6) is 11.5 Å². The molecule has 0 aliphatic heterocycles. The maximum atomic E-state index is 14.0. The van der Waals surface area contributed by atoms with Crippen LogP contribution in [0.1, 0.15) is 16.7 Å². The number of ether oxygens (including phenoxy) is 2. The van der Waals surface area contributed by atoms with E-state index in [0.29, 0.717) is 5.75 Å². The Morgan fingerprint density at radius 1 is 0.923 bits per heavy atom. The zero-order chi connectivity index (χ0) is 28.6. The molecule has 1 unspecified atom stereocenters. The first-order valence-electron chi connectivity index (χ1n) is 12.4. The minimum Gasteiger partial charge on any atom is -0.497 e. The standard InChI is InChI=1S/C29H35N3O6S/c1-21-11-13-23(14-12-21)19-31(26(29(34)30-2)17-22-9-7-6-8-10-22)28(33)20-32(39(5,35)36)25-18-24(37-3)15-16-27(25)38-4/h6-16,18,26H,17,19-20H2,1-5H3,(H,30,34). The molecule has 0 aliphatic rings. The van der Waals surface area contributed by atoms with Crippen molar-refractivity contribution in [2.24, 2.45) is 0 Å². The van der Waals surface area contributed by atoms with Gasteiger partial charge >= 0.3 is 0 Å². The molecule has 0 aliphatic carbocycles. The van der Waals surface area contributed by atoms with E-state index in [0.717, 1.165) is 27.3 Å². The van der Waals surface area contributed by atoms with E-state index in [2.05, 4.69) is 5.32 Å². The highest BCUT2D eigenvalue weighted by Gasteiger charge is 2.33. The number of anilines is 1. The second kappa shape index (κ2) is 13.1. The number of hydrogen-bond acceptors (Lipinski definition) is 6. The van der Waals surface area contributed by atoms with Crippen LogP contribution in [-0.4, -0.2) is 65.2 Å². The molecule has 0 spiro atoms. The number of methoxy groups -OCH3 is 2. The molecule has 0 radical (unpaired) electrons. The number of nitrogens with one attached hydrogen (secondary N) is 1. The van der Waals surface area contributed by atoms with Crippen molar-refractivity contribution < 1.29 is 27.5 Å². The molecule has 1 N–H and O–H groups in total. The summed E-state index contributed by atoms with van der Waals surface area (Å²) in [5.74, 6) is -0.249. The van der Waals surface area contributed by atoms with Gasteiger partial charge in [0.15, 0.2) is 0 Å². The quantitative estimate of drug-likeness (QED) is 0.370. The lowest BCUT2D eigenvalue weighted by Gasteiger charge is -2.33. The molecule has 39 heavy (non-hydrogen) atoms. The van der Waals surface area contributed by atoms with Gasteiger partial charge in [-0.1, -0.05) is 60.2 Å². The maximum absolute atomic E-state index is 14.0. The van der Waals surface area contributed by atoms with Crippen LogP contribution < -0.4 is 19.1 Å². The Hall–Kier alpha value is -4.05. The third kappa shape index (κ3) is 7.73. The van der Waals surface area contributed by atoms with Crippen molar-refractivity contribution in [1.82, 2.24) is 10.2 Å². The van der Waals surface area contributed by atoms with Gasteiger partial charge in [0.1, 0.15) is 24.1 Å². The summed E-state index contributed by atoms with van der Waals surface area (Å²) in [4.78, 5) is 28.6. The average molecular weight is 554 g/mol. The Bertz CT molecular complexity index is 1380. The van der Waals surface area contributed by atoms with Gasteiger partial charge in [-0.15, -0.1) is 0 Å². The monoisotopic (exact) mass is 553 g/mol. The van der Waals surface area contributed by atoms with Crippen LogP contribution in [0.3, 0.4) is 0 Å². The molecule has 208 valence electrons. The van der Waals surface area contributed by atoms with Gasteiger partial charge in [0.2, 0.25) is 21.8 Å². The number of likely N-dealkylation sites (N-methyl/N-ethyl adjacent to an activating group) is 1. The van der Waals surface area contributed by atoms with E-state index in [4.69, 9.17) is 9.47 Å². The summed E-state index contributed by atoms with van der Waals surface area (Å²) < 4.78 is 37.6. The smallest absolute Gasteiger partial charge is 0.244 e. The van der Waals surface area contributed by atoms with Crippen molar-refractivity contribution >= 4 is 27.5 Å². The lowest BCUT2D eigenvalue weighted by Crippen LogP contribution is -2.52. The van der Waals surface area contributed by atoms with E-state index < -0.39 is 28.5 Å². The highest BCUT2D eigenvalue weighted by Crippen LogP contribution is 2.34. The molecule has 1 atom stereocenters. The number of amides is 2. The van der Waals surface area contributed by atoms with Gasteiger partial charge in [-0.3, -0.25) is 13.9 Å². The molecule has 0 aromatic heterocycles. The van der Waals surface area contributed by atoms with Crippen LogP contribution in [0.25, 0.3) is 0 Å². The van der Waals surface area contributed by atoms with Crippen LogP contribution in [0.4, 0.5) is 5.69 Å². The number of sulfonamides is 1. The molecular formula is C29H35N3O6S. The van der Waals surface area contributed by atoms with Gasteiger partial charge in [0.05, 0.1) is 26.2 Å². The number of aryl methyl sites for hydroxylation is 1. The molecule has 2 amide bonds. The van der Waals surface area contributed by atoms with Gasteiger partial charge < -0.3 is 19.7 Å². The molecule has 3 aromatic carbocycles. The third-order valence-electron chi connectivity index (χ3n) is 6.32. The summed E-state index contributed by atoms with van der Waals surface area (Å²) in [5, 5.41) is 2.66. The molecular weight excluding hydrogens is 518 g/mol. The first-order valence-corrected chi connectivity index (χ1v) is 14.2. The predicted octanol–water partition coefficient (Wildman–Crippen LogP) is 3.16. The summed E-state index contributed by atoms with van der Waals surface area (Å²) in [6, 6.07) is 20.8. The molecule has 9 nitrogen and oxygen atoms in total. The Morgan fingerprint density at radius 3 is 2.15 bits per heavy atom. The Balaban J connectivity index is 2.07. The van der Waals surface area contributed by atoms with E-state index in [1.165, 1.54) is 32.2 Å². The largest absolute Gasteiger partial charge is 0.497 e. The van der Waals surface area contributed by atoms with E-state index in [-0.39, 0.29) is 30.3 Å². The number of nitrogens with zero attached hydrogens (tertiary/aromatic N) is 2. The molecule has 0 heterocycles. The SMILES string of the molecule is CNC(=O)C(Cc1ccccc1)N(Cc1ccc(C)cc1)C(=O)CN(c1cc(OC)ccc1OC)S(C)(=O)=O. The average Bonchev–Trinajstić information content (AvgIpc) is 2.93. The highest BCUT2D eigenvalue weighted by molar-refractivity contribution is 7.92. The normalized spacial score (nSPS) is 11.8. The first-order chi connectivity index (χ1) is 18.6. The lowest BCUT2D eigenvalue weighted by molar-refractivity contribution is -0.139. The van der Waals surface area contributed by atoms with E-state index in [9.17, 15) is 18.0 Å². The van der Waals surface area contributed by atoms with Crippen LogP contribution in [0, 0.1) is 6.92 Å². The van der Waals surface area contributed by atoms with E-state index in [1.54, 1.807) is 12.1 Å². The van der Waals surface area contributed by atoms with Crippen molar-refractivity contribution in [3.05, 3.63) is 89.5 Å². The van der Waals surface area contributed by atoms with Gasteiger partial charge in [-0.05, 0) is 30.2 Å². The van der Waals surface area contributed by atoms with Crippen LogP contribution in [-0.2, 0) is 32.6 Å². The molecule has 0 saturated heterocycles. The van der Waals surface area contributed by atoms with Crippen molar-refractivity contribution in [2.75, 3.05) is 38.4 Å². The fourth-order valence-corrected chi connectivity index (χ4v) is 5.04. The third-order valence-corrected chi connectivity index (χ3v) is 7.45. The first kappa shape index (κ1) is 29.5. The maximum Gasteiger partial charge on any atom is 0.244 e. The zero-order valence-electron chi connectivity index (χ0n) is 22.9. The number of hydrogen-bond donors (Lipinski definition) is 1. The number of carbonyl (C=O) groups excluding carboxylic acids is 2. The molecule has 0 fully saturated rings. The second-order valence-corrected chi connectivity index (χ2v) is 11.0. The topological polar surface area (TPSA) is 105 Å². The molecule has 3 rings (SSSR count). The summed E-state index contributed by atoms with van der Waals surface area (Å²) in [6.45, 7) is 1.52. The summed E-state index contributed by atoms with van der Waals surface area (Å²) >= 11 is 0. The minimum absolute atomic E-state index is 0.108. The summed E-state index contributed by atoms with van der Waals surface area (Å²) in [5.41, 5.74) is 2.88. The summed E-state index contributed by atoms with van der Waals surface area (Å²) in [6.07, 6.45) is 1.27. The fraction of sp³-hybridized carbons (Fsp3) is 0.310. The van der Waals surface area contributed by atoms with Crippen LogP contribution >= 0.6 is 0 Å². The fourth-order valence-electron chi connectivity index (χ4n) is 4.20. The van der Waals surface area contributed by atoms with E-state index in [1.807, 2.05) is 61.5 Å². The van der Waals surface area contributed by atoms with Crippen molar-refractivity contribution in [1.29, 1.82) is 0 Å².